The summed E-state index contributed by atoms with van der Waals surface area (Å²) in [5.74, 6) is -0.251. The molecule has 0 aromatic carbocycles. The molecule has 102 valence electrons. The largest absolute Gasteiger partial charge is 0.305 e. The third kappa shape index (κ3) is 2.91. The highest BCUT2D eigenvalue weighted by atomic mass is 16.6. The van der Waals surface area contributed by atoms with Crippen molar-refractivity contribution < 1.29 is 9.72 Å². The van der Waals surface area contributed by atoms with E-state index in [1.165, 1.54) is 18.5 Å². The van der Waals surface area contributed by atoms with Gasteiger partial charge in [0.25, 0.3) is 11.6 Å². The molecule has 2 rings (SSSR count). The summed E-state index contributed by atoms with van der Waals surface area (Å²) in [6, 6.07) is 1.43. The molecule has 0 saturated carbocycles. The number of aryl methyl sites for hydroxylation is 2. The number of nitrogens with one attached hydrogen (secondary N) is 1. The fraction of sp³-hybridized carbons (Fsp3) is 0.167. The molecule has 8 heteroatoms. The van der Waals surface area contributed by atoms with Gasteiger partial charge in [-0.3, -0.25) is 19.9 Å². The number of anilines is 1. The molecule has 0 radical (unpaired) electrons. The van der Waals surface area contributed by atoms with Gasteiger partial charge >= 0.3 is 0 Å². The summed E-state index contributed by atoms with van der Waals surface area (Å²) < 4.78 is 0. The van der Waals surface area contributed by atoms with Crippen LogP contribution in [0.2, 0.25) is 0 Å². The molecule has 0 unspecified atom stereocenters. The molecule has 1 N–H and O–H groups in total. The Morgan fingerprint density at radius 3 is 2.50 bits per heavy atom. The molecule has 0 aliphatic carbocycles. The van der Waals surface area contributed by atoms with E-state index in [0.717, 1.165) is 6.20 Å². The average molecular weight is 273 g/mol. The molecule has 1 amide bonds. The van der Waals surface area contributed by atoms with Crippen molar-refractivity contribution in [3.63, 3.8) is 0 Å². The zero-order valence-electron chi connectivity index (χ0n) is 10.8. The average Bonchev–Trinajstić information content (AvgIpc) is 2.39. The van der Waals surface area contributed by atoms with Crippen molar-refractivity contribution in [2.75, 3.05) is 5.32 Å². The molecule has 2 aromatic heterocycles. The van der Waals surface area contributed by atoms with Gasteiger partial charge in [-0.1, -0.05) is 0 Å². The van der Waals surface area contributed by atoms with E-state index in [1.807, 2.05) is 0 Å². The summed E-state index contributed by atoms with van der Waals surface area (Å²) in [6.07, 6.45) is 3.93. The fourth-order valence-electron chi connectivity index (χ4n) is 1.50. The van der Waals surface area contributed by atoms with Crippen LogP contribution in [-0.2, 0) is 0 Å². The lowest BCUT2D eigenvalue weighted by Gasteiger charge is -2.04. The number of nitro groups is 1. The minimum Gasteiger partial charge on any atom is -0.305 e. The summed E-state index contributed by atoms with van der Waals surface area (Å²) in [7, 11) is 0. The molecule has 0 aliphatic rings. The Hall–Kier alpha value is -2.90. The zero-order valence-corrected chi connectivity index (χ0v) is 10.8. The van der Waals surface area contributed by atoms with E-state index in [2.05, 4.69) is 20.3 Å². The Morgan fingerprint density at radius 1 is 1.20 bits per heavy atom. The molecular weight excluding hydrogens is 262 g/mol. The van der Waals surface area contributed by atoms with E-state index in [9.17, 15) is 14.9 Å². The van der Waals surface area contributed by atoms with Gasteiger partial charge in [-0.05, 0) is 19.9 Å². The van der Waals surface area contributed by atoms with Gasteiger partial charge in [-0.2, -0.15) is 0 Å². The molecule has 0 atom stereocenters. The summed E-state index contributed by atoms with van der Waals surface area (Å²) in [6.45, 7) is 3.33. The van der Waals surface area contributed by atoms with Crippen LogP contribution in [0, 0.1) is 24.0 Å². The minimum atomic E-state index is -0.528. The summed E-state index contributed by atoms with van der Waals surface area (Å²) in [4.78, 5) is 33.7. The Labute approximate surface area is 114 Å². The second-order valence-electron chi connectivity index (χ2n) is 4.11. The van der Waals surface area contributed by atoms with Gasteiger partial charge in [0.15, 0.2) is 0 Å². The maximum Gasteiger partial charge on any atom is 0.290 e. The maximum atomic E-state index is 11.9. The van der Waals surface area contributed by atoms with Gasteiger partial charge < -0.3 is 5.32 Å². The zero-order chi connectivity index (χ0) is 14.7. The third-order valence-electron chi connectivity index (χ3n) is 2.54. The smallest absolute Gasteiger partial charge is 0.290 e. The predicted molar refractivity (Wildman–Crippen MR) is 70.4 cm³/mol. The van der Waals surface area contributed by atoms with E-state index < -0.39 is 10.8 Å². The van der Waals surface area contributed by atoms with Crippen molar-refractivity contribution in [2.45, 2.75) is 13.8 Å². The van der Waals surface area contributed by atoms with Crippen LogP contribution >= 0.6 is 0 Å². The van der Waals surface area contributed by atoms with Crippen LogP contribution < -0.4 is 5.32 Å². The molecule has 2 aromatic rings. The number of pyridine rings is 1. The number of carbonyl (C=O) groups excluding carboxylic acids is 1. The van der Waals surface area contributed by atoms with Crippen LogP contribution in [0.3, 0.4) is 0 Å². The van der Waals surface area contributed by atoms with Crippen molar-refractivity contribution >= 4 is 17.4 Å². The summed E-state index contributed by atoms with van der Waals surface area (Å²) >= 11 is 0. The van der Waals surface area contributed by atoms with Crippen molar-refractivity contribution in [3.8, 4) is 0 Å². The van der Waals surface area contributed by atoms with Crippen molar-refractivity contribution in [1.29, 1.82) is 0 Å². The minimum absolute atomic E-state index is 0.0990. The third-order valence-corrected chi connectivity index (χ3v) is 2.54. The van der Waals surface area contributed by atoms with Crippen molar-refractivity contribution in [2.24, 2.45) is 0 Å². The summed E-state index contributed by atoms with van der Waals surface area (Å²) in [5, 5.41) is 13.2. The predicted octanol–water partition coefficient (Wildman–Crippen LogP) is 1.65. The van der Waals surface area contributed by atoms with Crippen LogP contribution in [0.4, 0.5) is 11.5 Å². The molecule has 0 bridgehead atoms. The van der Waals surface area contributed by atoms with E-state index in [1.54, 1.807) is 13.8 Å². The number of rotatable bonds is 3. The second kappa shape index (κ2) is 5.39. The molecule has 0 aliphatic heterocycles. The van der Waals surface area contributed by atoms with E-state index >= 15 is 0 Å². The molecule has 0 fully saturated rings. The van der Waals surface area contributed by atoms with E-state index in [0.29, 0.717) is 11.3 Å². The van der Waals surface area contributed by atoms with Gasteiger partial charge in [-0.15, -0.1) is 0 Å². The topological polar surface area (TPSA) is 111 Å². The standard InChI is InChI=1S/C12H11N5O3/c1-7-3-11(15-6-10(7)17(19)20)16-12(18)9-5-13-8(2)4-14-9/h3-6H,1-2H3,(H,15,16,18). The Morgan fingerprint density at radius 2 is 1.95 bits per heavy atom. The molecule has 20 heavy (non-hydrogen) atoms. The normalized spacial score (nSPS) is 10.1. The molecule has 2 heterocycles. The first-order valence-electron chi connectivity index (χ1n) is 5.68. The number of carbonyl (C=O) groups is 1. The van der Waals surface area contributed by atoms with E-state index in [4.69, 9.17) is 0 Å². The molecule has 0 spiro atoms. The van der Waals surface area contributed by atoms with Gasteiger partial charge in [-0.25, -0.2) is 9.97 Å². The molecular formula is C12H11N5O3. The Bertz CT molecular complexity index is 669. The quantitative estimate of drug-likeness (QED) is 0.672. The van der Waals surface area contributed by atoms with Crippen LogP contribution in [0.5, 0.6) is 0 Å². The van der Waals surface area contributed by atoms with Gasteiger partial charge in [0.2, 0.25) is 0 Å². The van der Waals surface area contributed by atoms with Crippen LogP contribution in [-0.4, -0.2) is 25.8 Å². The first-order valence-corrected chi connectivity index (χ1v) is 5.68. The lowest BCUT2D eigenvalue weighted by molar-refractivity contribution is -0.385. The van der Waals surface area contributed by atoms with Crippen LogP contribution in [0.1, 0.15) is 21.7 Å². The summed E-state index contributed by atoms with van der Waals surface area (Å²) in [5.41, 5.74) is 1.16. The van der Waals surface area contributed by atoms with Crippen molar-refractivity contribution in [1.82, 2.24) is 15.0 Å². The first-order chi connectivity index (χ1) is 9.47. The highest BCUT2D eigenvalue weighted by Crippen LogP contribution is 2.18. The lowest BCUT2D eigenvalue weighted by Crippen LogP contribution is -2.15. The van der Waals surface area contributed by atoms with Crippen LogP contribution in [0.15, 0.2) is 24.7 Å². The fourth-order valence-corrected chi connectivity index (χ4v) is 1.50. The number of hydrogen-bond acceptors (Lipinski definition) is 6. The lowest BCUT2D eigenvalue weighted by atomic mass is 10.2. The number of amides is 1. The highest BCUT2D eigenvalue weighted by Gasteiger charge is 2.14. The van der Waals surface area contributed by atoms with Gasteiger partial charge in [0, 0.05) is 11.8 Å². The van der Waals surface area contributed by atoms with Crippen LogP contribution in [0.25, 0.3) is 0 Å². The van der Waals surface area contributed by atoms with Gasteiger partial charge in [0.05, 0.1) is 16.8 Å². The number of hydrogen-bond donors (Lipinski definition) is 1. The first kappa shape index (κ1) is 13.5. The maximum absolute atomic E-state index is 11.9. The number of aromatic nitrogens is 3. The molecule has 0 saturated heterocycles. The monoisotopic (exact) mass is 273 g/mol. The molecule has 8 nitrogen and oxygen atoms in total. The second-order valence-corrected chi connectivity index (χ2v) is 4.11. The van der Waals surface area contributed by atoms with Crippen molar-refractivity contribution in [3.05, 3.63) is 51.7 Å². The van der Waals surface area contributed by atoms with E-state index in [-0.39, 0.29) is 17.2 Å². The Kier molecular flexibility index (Phi) is 3.65. The highest BCUT2D eigenvalue weighted by molar-refractivity contribution is 6.02. The van der Waals surface area contributed by atoms with Gasteiger partial charge in [0.1, 0.15) is 17.7 Å². The number of nitrogens with zero attached hydrogens (tertiary/aromatic N) is 4. The Balaban J connectivity index is 2.18. The SMILES string of the molecule is Cc1cnc(C(=O)Nc2cc(C)c([N+](=O)[O-])cn2)cn1.